The Morgan fingerprint density at radius 3 is 2.34 bits per heavy atom. The topological polar surface area (TPSA) is 35.5 Å². The van der Waals surface area contributed by atoms with Gasteiger partial charge < -0.3 is 9.47 Å². The van der Waals surface area contributed by atoms with Crippen LogP contribution in [0.3, 0.4) is 0 Å². The molecule has 0 heterocycles. The van der Waals surface area contributed by atoms with Crippen molar-refractivity contribution in [3.05, 3.63) is 100 Å². The van der Waals surface area contributed by atoms with Gasteiger partial charge in [0, 0.05) is 11.1 Å². The van der Waals surface area contributed by atoms with Crippen LogP contribution in [0.2, 0.25) is 0 Å². The van der Waals surface area contributed by atoms with Crippen molar-refractivity contribution in [2.45, 2.75) is 46.6 Å². The lowest BCUT2D eigenvalue weighted by molar-refractivity contribution is 0.104. The molecule has 3 rings (SSSR count). The van der Waals surface area contributed by atoms with Crippen molar-refractivity contribution in [2.75, 3.05) is 7.11 Å². The number of allylic oxidation sites excluding steroid dienone is 1. The summed E-state index contributed by atoms with van der Waals surface area (Å²) >= 11 is 0. The largest absolute Gasteiger partial charge is 0.496 e. The fourth-order valence-electron chi connectivity index (χ4n) is 3.61. The van der Waals surface area contributed by atoms with Gasteiger partial charge in [-0.05, 0) is 66.3 Å². The first-order valence-corrected chi connectivity index (χ1v) is 10.9. The van der Waals surface area contributed by atoms with Gasteiger partial charge in [-0.1, -0.05) is 68.8 Å². The maximum Gasteiger partial charge on any atom is 0.185 e. The third-order valence-corrected chi connectivity index (χ3v) is 5.36. The van der Waals surface area contributed by atoms with E-state index < -0.39 is 0 Å². The van der Waals surface area contributed by atoms with Gasteiger partial charge in [0.25, 0.3) is 0 Å². The molecule has 0 spiro atoms. The van der Waals surface area contributed by atoms with Crippen molar-refractivity contribution >= 4 is 11.9 Å². The predicted octanol–water partition coefficient (Wildman–Crippen LogP) is 7.08. The molecule has 3 nitrogen and oxygen atoms in total. The third kappa shape index (κ3) is 5.88. The molecule has 3 aromatic rings. The Morgan fingerprint density at radius 1 is 0.906 bits per heavy atom. The minimum atomic E-state index is -0.0200. The molecule has 0 atom stereocenters. The summed E-state index contributed by atoms with van der Waals surface area (Å²) in [5, 5.41) is 0. The number of hydrogen-bond donors (Lipinski definition) is 0. The average Bonchev–Trinajstić information content (AvgIpc) is 2.75. The van der Waals surface area contributed by atoms with Crippen molar-refractivity contribution < 1.29 is 14.3 Å². The van der Waals surface area contributed by atoms with Crippen molar-refractivity contribution in [1.29, 1.82) is 0 Å². The number of rotatable bonds is 7. The molecule has 0 unspecified atom stereocenters. The monoisotopic (exact) mass is 428 g/mol. The van der Waals surface area contributed by atoms with Gasteiger partial charge in [-0.2, -0.15) is 0 Å². The smallest absolute Gasteiger partial charge is 0.185 e. The Kier molecular flexibility index (Phi) is 7.19. The first kappa shape index (κ1) is 23.3. The summed E-state index contributed by atoms with van der Waals surface area (Å²) in [6, 6.07) is 19.8. The molecule has 0 N–H and O–H groups in total. The second-order valence-electron chi connectivity index (χ2n) is 9.18. The first-order chi connectivity index (χ1) is 15.2. The zero-order chi connectivity index (χ0) is 23.3. The van der Waals surface area contributed by atoms with E-state index in [1.165, 1.54) is 5.56 Å². The maximum atomic E-state index is 12.5. The quantitative estimate of drug-likeness (QED) is 0.298. The van der Waals surface area contributed by atoms with Crippen molar-refractivity contribution in [1.82, 2.24) is 0 Å². The summed E-state index contributed by atoms with van der Waals surface area (Å²) in [4.78, 5) is 12.5. The van der Waals surface area contributed by atoms with E-state index >= 15 is 0 Å². The van der Waals surface area contributed by atoms with Crippen LogP contribution in [0.4, 0.5) is 0 Å². The van der Waals surface area contributed by atoms with Crippen LogP contribution in [0.1, 0.15) is 58.9 Å². The summed E-state index contributed by atoms with van der Waals surface area (Å²) in [6.45, 7) is 11.0. The average molecular weight is 429 g/mol. The third-order valence-electron chi connectivity index (χ3n) is 5.36. The second kappa shape index (κ2) is 9.86. The minimum absolute atomic E-state index is 0.0168. The summed E-state index contributed by atoms with van der Waals surface area (Å²) in [7, 11) is 1.66. The number of carbonyl (C=O) groups is 1. The van der Waals surface area contributed by atoms with Gasteiger partial charge in [0.05, 0.1) is 7.11 Å². The van der Waals surface area contributed by atoms with Crippen LogP contribution in [-0.4, -0.2) is 12.9 Å². The standard InChI is InChI=1S/C29H32O3/c1-20-8-7-9-23(16-20)26(30)14-11-22-12-15-27(31-6)24(18-22)19-32-28-17-21(2)10-13-25(28)29(3,4)5/h7-18H,19H2,1-6H3/b14-11+. The number of hydrogen-bond acceptors (Lipinski definition) is 3. The lowest BCUT2D eigenvalue weighted by Gasteiger charge is -2.23. The Bertz CT molecular complexity index is 1130. The fraction of sp³-hybridized carbons (Fsp3) is 0.276. The number of ether oxygens (including phenoxy) is 2. The van der Waals surface area contributed by atoms with Crippen LogP contribution in [-0.2, 0) is 12.0 Å². The van der Waals surface area contributed by atoms with E-state index in [9.17, 15) is 4.79 Å². The zero-order valence-corrected chi connectivity index (χ0v) is 19.9. The highest BCUT2D eigenvalue weighted by Gasteiger charge is 2.19. The molecule has 0 saturated carbocycles. The molecule has 32 heavy (non-hydrogen) atoms. The number of aryl methyl sites for hydroxylation is 2. The number of methoxy groups -OCH3 is 1. The van der Waals surface area contributed by atoms with E-state index in [2.05, 4.69) is 45.9 Å². The molecule has 0 aliphatic rings. The van der Waals surface area contributed by atoms with Gasteiger partial charge in [0.2, 0.25) is 0 Å². The SMILES string of the molecule is COc1ccc(/C=C/C(=O)c2cccc(C)c2)cc1COc1cc(C)ccc1C(C)(C)C. The van der Waals surface area contributed by atoms with Gasteiger partial charge in [0.15, 0.2) is 5.78 Å². The van der Waals surface area contributed by atoms with Crippen molar-refractivity contribution in [3.63, 3.8) is 0 Å². The summed E-state index contributed by atoms with van der Waals surface area (Å²) in [6.07, 6.45) is 3.44. The van der Waals surface area contributed by atoms with Gasteiger partial charge >= 0.3 is 0 Å². The van der Waals surface area contributed by atoms with Crippen LogP contribution in [0, 0.1) is 13.8 Å². The molecule has 0 fully saturated rings. The predicted molar refractivity (Wildman–Crippen MR) is 132 cm³/mol. The Hall–Kier alpha value is -3.33. The Balaban J connectivity index is 1.82. The normalized spacial score (nSPS) is 11.6. The maximum absolute atomic E-state index is 12.5. The second-order valence-corrected chi connectivity index (χ2v) is 9.18. The van der Waals surface area contributed by atoms with E-state index in [-0.39, 0.29) is 11.2 Å². The Morgan fingerprint density at radius 2 is 1.66 bits per heavy atom. The lowest BCUT2D eigenvalue weighted by Crippen LogP contribution is -2.13. The van der Waals surface area contributed by atoms with Gasteiger partial charge in [-0.15, -0.1) is 0 Å². The summed E-state index contributed by atoms with van der Waals surface area (Å²) in [5.74, 6) is 1.63. The first-order valence-electron chi connectivity index (χ1n) is 10.9. The molecule has 166 valence electrons. The van der Waals surface area contributed by atoms with Gasteiger partial charge in [-0.25, -0.2) is 0 Å². The molecule has 0 radical (unpaired) electrons. The van der Waals surface area contributed by atoms with Crippen molar-refractivity contribution in [2.24, 2.45) is 0 Å². The molecule has 0 amide bonds. The van der Waals surface area contributed by atoms with Crippen LogP contribution in [0.5, 0.6) is 11.5 Å². The molecular formula is C29H32O3. The van der Waals surface area contributed by atoms with Gasteiger partial charge in [-0.3, -0.25) is 4.79 Å². The zero-order valence-electron chi connectivity index (χ0n) is 19.9. The molecule has 0 saturated heterocycles. The highest BCUT2D eigenvalue weighted by atomic mass is 16.5. The highest BCUT2D eigenvalue weighted by molar-refractivity contribution is 6.06. The number of ketones is 1. The van der Waals surface area contributed by atoms with Crippen LogP contribution >= 0.6 is 0 Å². The number of benzene rings is 3. The number of carbonyl (C=O) groups excluding carboxylic acids is 1. The van der Waals surface area contributed by atoms with E-state index in [1.807, 2.05) is 55.5 Å². The molecule has 0 aromatic heterocycles. The lowest BCUT2D eigenvalue weighted by atomic mass is 9.86. The van der Waals surface area contributed by atoms with Gasteiger partial charge in [0.1, 0.15) is 18.1 Å². The summed E-state index contributed by atoms with van der Waals surface area (Å²) in [5.41, 5.74) is 5.91. The molecule has 3 aromatic carbocycles. The van der Waals surface area contributed by atoms with Crippen LogP contribution in [0.25, 0.3) is 6.08 Å². The molecule has 0 bridgehead atoms. The summed E-state index contributed by atoms with van der Waals surface area (Å²) < 4.78 is 11.8. The molecular weight excluding hydrogens is 396 g/mol. The van der Waals surface area contributed by atoms with Crippen LogP contribution in [0.15, 0.2) is 66.7 Å². The highest BCUT2D eigenvalue weighted by Crippen LogP contribution is 2.33. The Labute approximate surface area is 191 Å². The van der Waals surface area contributed by atoms with Crippen molar-refractivity contribution in [3.8, 4) is 11.5 Å². The van der Waals surface area contributed by atoms with E-state index in [1.54, 1.807) is 13.2 Å². The van der Waals surface area contributed by atoms with Crippen LogP contribution < -0.4 is 9.47 Å². The van der Waals surface area contributed by atoms with E-state index in [4.69, 9.17) is 9.47 Å². The van der Waals surface area contributed by atoms with E-state index in [0.717, 1.165) is 33.8 Å². The molecule has 3 heteroatoms. The van der Waals surface area contributed by atoms with E-state index in [0.29, 0.717) is 12.2 Å². The minimum Gasteiger partial charge on any atom is -0.496 e. The molecule has 0 aliphatic carbocycles. The fourth-order valence-corrected chi connectivity index (χ4v) is 3.61. The molecule has 0 aliphatic heterocycles.